The molecule has 0 spiro atoms. The Balaban J connectivity index is 1.11. The summed E-state index contributed by atoms with van der Waals surface area (Å²) in [4.78, 5) is 5.98. The lowest BCUT2D eigenvalue weighted by Gasteiger charge is -2.35. The number of nitrogens with zero attached hydrogens (tertiary/aromatic N) is 4. The molecule has 114 heavy (non-hydrogen) atoms. The van der Waals surface area contributed by atoms with Crippen molar-refractivity contribution >= 4 is 68.2 Å². The van der Waals surface area contributed by atoms with Crippen molar-refractivity contribution in [2.75, 3.05) is 0 Å². The number of fused-ring (bicyclic) bond motifs is 10. The summed E-state index contributed by atoms with van der Waals surface area (Å²) in [5, 5.41) is 0. The van der Waals surface area contributed by atoms with Gasteiger partial charge < -0.3 is 0 Å². The van der Waals surface area contributed by atoms with Gasteiger partial charge in [0.15, 0.2) is 0 Å². The number of hydrogen-bond donors (Lipinski definition) is 0. The minimum absolute atomic E-state index is 0.0967. The van der Waals surface area contributed by atoms with Gasteiger partial charge in [-0.05, 0) is 146 Å². The third kappa shape index (κ3) is 28.9. The zero-order valence-corrected chi connectivity index (χ0v) is 78.6. The lowest BCUT2D eigenvalue weighted by atomic mass is 9.68. The summed E-state index contributed by atoms with van der Waals surface area (Å²) in [6.45, 7) is 18.8. The van der Waals surface area contributed by atoms with Crippen molar-refractivity contribution in [2.45, 2.75) is 516 Å². The highest BCUT2D eigenvalue weighted by Gasteiger charge is 2.50. The number of aromatic nitrogens is 4. The van der Waals surface area contributed by atoms with E-state index < -0.39 is 0 Å². The lowest BCUT2D eigenvalue weighted by molar-refractivity contribution is 0.393. The van der Waals surface area contributed by atoms with Crippen molar-refractivity contribution in [1.29, 1.82) is 0 Å². The molecule has 0 radical (unpaired) electrons. The third-order valence-electron chi connectivity index (χ3n) is 27.7. The van der Waals surface area contributed by atoms with Crippen LogP contribution in [0.5, 0.6) is 0 Å². The van der Waals surface area contributed by atoms with Crippen LogP contribution in [0.25, 0.3) is 64.5 Å². The first-order valence-electron chi connectivity index (χ1n) is 50.3. The van der Waals surface area contributed by atoms with E-state index in [2.05, 4.69) is 114 Å². The second-order valence-corrected chi connectivity index (χ2v) is 40.5. The molecule has 0 saturated carbocycles. The van der Waals surface area contributed by atoms with E-state index in [1.807, 2.05) is 0 Å². The first-order valence-corrected chi connectivity index (χ1v) is 53.4. The monoisotopic (exact) mass is 1630 g/mol. The number of rotatable bonds is 72. The quantitative estimate of drug-likeness (QED) is 0.0357. The van der Waals surface area contributed by atoms with Crippen LogP contribution in [0.3, 0.4) is 0 Å². The first-order chi connectivity index (χ1) is 56.3. The predicted octanol–water partition coefficient (Wildman–Crippen LogP) is 38.0. The van der Waals surface area contributed by atoms with Gasteiger partial charge in [0, 0.05) is 47.0 Å². The van der Waals surface area contributed by atoms with Gasteiger partial charge in [-0.15, -0.1) is 22.7 Å². The van der Waals surface area contributed by atoms with E-state index in [9.17, 15) is 0 Å². The van der Waals surface area contributed by atoms with Crippen molar-refractivity contribution in [2.24, 2.45) is 0 Å². The summed E-state index contributed by atoms with van der Waals surface area (Å²) in [6, 6.07) is 16.5. The third-order valence-corrected chi connectivity index (χ3v) is 31.2. The van der Waals surface area contributed by atoms with Gasteiger partial charge in [0.25, 0.3) is 0 Å². The van der Waals surface area contributed by atoms with E-state index in [0.717, 1.165) is 17.5 Å². The van der Waals surface area contributed by atoms with E-state index in [1.165, 1.54) is 521 Å². The van der Waals surface area contributed by atoms with Gasteiger partial charge in [-0.3, -0.25) is 0 Å². The molecular weight excluding hydrogens is 1460 g/mol. The van der Waals surface area contributed by atoms with Crippen LogP contribution in [0.2, 0.25) is 0 Å². The standard InChI is InChI=1S/C106H170N4S4/c1-9-15-21-27-31-35-39-43-47-51-55-59-63-69-75-105(76-70-64-60-56-52-48-44-40-36-32-28-22-16-10-2)92-83-90-93(82-89(92)97-94(105)79-85(7)99-101(97)109-113-107-99)106(77-71-65-61-57-53-49-45-41-37-33-29-23-17-11-3,78-72-66-62-58-54-50-46-42-38-34-30-24-18-12-4)95-84-91(100-102(98(90)95)110-114-108-100)96-81-88(74-68-26-20-14-6)104(112-96)103-87(80-86(8)111-103)73-67-25-19-13-5/h79-84H,9-78H2,1-8H3. The topological polar surface area (TPSA) is 51.6 Å². The van der Waals surface area contributed by atoms with Gasteiger partial charge in [-0.25, -0.2) is 0 Å². The Morgan fingerprint density at radius 2 is 0.491 bits per heavy atom. The van der Waals surface area contributed by atoms with E-state index in [0.29, 0.717) is 0 Å². The molecule has 2 aliphatic carbocycles. The minimum Gasteiger partial charge on any atom is -0.173 e. The normalized spacial score (nSPS) is 13.4. The smallest absolute Gasteiger partial charge is 0.114 e. The van der Waals surface area contributed by atoms with Gasteiger partial charge in [-0.2, -0.15) is 17.5 Å². The summed E-state index contributed by atoms with van der Waals surface area (Å²) >= 11 is 7.13. The van der Waals surface area contributed by atoms with E-state index in [-0.39, 0.29) is 10.8 Å². The van der Waals surface area contributed by atoms with Crippen molar-refractivity contribution in [3.05, 3.63) is 80.2 Å². The van der Waals surface area contributed by atoms with Crippen LogP contribution >= 0.6 is 46.1 Å². The van der Waals surface area contributed by atoms with E-state index in [1.54, 1.807) is 43.1 Å². The van der Waals surface area contributed by atoms with Gasteiger partial charge in [-0.1, -0.05) is 446 Å². The average molecular weight is 1630 g/mol. The summed E-state index contributed by atoms with van der Waals surface area (Å²) in [5.41, 5.74) is 22.6. The fourth-order valence-corrected chi connectivity index (χ4v) is 24.5. The van der Waals surface area contributed by atoms with Gasteiger partial charge in [0.05, 0.1) is 23.5 Å². The molecule has 0 fully saturated rings. The molecule has 2 aliphatic rings. The summed E-state index contributed by atoms with van der Waals surface area (Å²) in [6.07, 6.45) is 95.2. The number of benzene rings is 3. The largest absolute Gasteiger partial charge is 0.173 e. The van der Waals surface area contributed by atoms with Crippen molar-refractivity contribution in [1.82, 2.24) is 17.5 Å². The fraction of sp³-hybridized carbons (Fsp3) is 0.755. The molecule has 4 nitrogen and oxygen atoms in total. The molecular formula is C106H170N4S4. The van der Waals surface area contributed by atoms with Crippen LogP contribution in [0.15, 0.2) is 36.4 Å². The average Bonchev–Trinajstić information content (AvgIpc) is 1.51. The van der Waals surface area contributed by atoms with Crippen LogP contribution in [0, 0.1) is 13.8 Å². The predicted molar refractivity (Wildman–Crippen MR) is 512 cm³/mol. The molecule has 0 aliphatic heterocycles. The van der Waals surface area contributed by atoms with Crippen LogP contribution in [-0.4, -0.2) is 17.5 Å². The van der Waals surface area contributed by atoms with Gasteiger partial charge in [0.2, 0.25) is 0 Å². The van der Waals surface area contributed by atoms with Crippen LogP contribution in [0.1, 0.15) is 522 Å². The second kappa shape index (κ2) is 55.6. The first kappa shape index (κ1) is 94.5. The molecule has 4 heterocycles. The van der Waals surface area contributed by atoms with Crippen molar-refractivity contribution < 1.29 is 0 Å². The van der Waals surface area contributed by atoms with Gasteiger partial charge >= 0.3 is 0 Å². The molecule has 8 heteroatoms. The molecule has 638 valence electrons. The minimum atomic E-state index is -0.154. The molecule has 0 atom stereocenters. The Kier molecular flexibility index (Phi) is 46.1. The molecule has 4 aromatic heterocycles. The maximum atomic E-state index is 5.69. The van der Waals surface area contributed by atoms with Crippen molar-refractivity contribution in [3.8, 4) is 42.4 Å². The fourth-order valence-electron chi connectivity index (χ4n) is 20.8. The highest BCUT2D eigenvalue weighted by molar-refractivity contribution is 7.24. The van der Waals surface area contributed by atoms with Crippen LogP contribution in [0.4, 0.5) is 0 Å². The number of thiophene rings is 2. The molecule has 7 aromatic rings. The Morgan fingerprint density at radius 1 is 0.237 bits per heavy atom. The number of hydrogen-bond acceptors (Lipinski definition) is 8. The number of aryl methyl sites for hydroxylation is 4. The van der Waals surface area contributed by atoms with Crippen LogP contribution in [-0.2, 0) is 23.7 Å². The SMILES string of the molecule is CCCCCCCCCCCCCCCCC1(CCCCCCCCCCCCCCCC)c2cc3c(cc2-c2c1cc(C)c1nsnc21)C(CCCCCCCCCCCCCCCC)(CCCCCCCCCCCCCCCC)c1cc(-c2cc(CCCCCC)c(-c4sc(C)cc4CCCCCC)s2)c2nsnc2c1-3. The maximum absolute atomic E-state index is 5.69. The lowest BCUT2D eigenvalue weighted by Crippen LogP contribution is -2.27. The summed E-state index contributed by atoms with van der Waals surface area (Å²) < 4.78 is 21.9. The van der Waals surface area contributed by atoms with E-state index >= 15 is 0 Å². The molecule has 9 rings (SSSR count). The maximum Gasteiger partial charge on any atom is 0.114 e. The van der Waals surface area contributed by atoms with E-state index in [4.69, 9.17) is 17.5 Å². The highest BCUT2D eigenvalue weighted by atomic mass is 32.1. The molecule has 0 amide bonds. The number of unbranched alkanes of at least 4 members (excludes halogenated alkanes) is 58. The molecule has 0 N–H and O–H groups in total. The Hall–Kier alpha value is -3.30. The van der Waals surface area contributed by atoms with Crippen molar-refractivity contribution in [3.63, 3.8) is 0 Å². The molecule has 0 bridgehead atoms. The zero-order valence-electron chi connectivity index (χ0n) is 75.4. The Labute approximate surface area is 718 Å². The summed E-state index contributed by atoms with van der Waals surface area (Å²) in [7, 11) is 0. The second-order valence-electron chi connectivity index (χ2n) is 37.2. The summed E-state index contributed by atoms with van der Waals surface area (Å²) in [5.74, 6) is 0. The molecule has 0 unspecified atom stereocenters. The molecule has 3 aromatic carbocycles. The zero-order chi connectivity index (χ0) is 79.9. The Bertz CT molecular complexity index is 3620. The van der Waals surface area contributed by atoms with Crippen LogP contribution < -0.4 is 0 Å². The molecule has 0 saturated heterocycles. The highest BCUT2D eigenvalue weighted by Crippen LogP contribution is 2.64. The Morgan fingerprint density at radius 3 is 0.825 bits per heavy atom. The van der Waals surface area contributed by atoms with Gasteiger partial charge in [0.1, 0.15) is 22.1 Å².